The van der Waals surface area contributed by atoms with Gasteiger partial charge in [0.25, 0.3) is 0 Å². The van der Waals surface area contributed by atoms with Gasteiger partial charge in [-0.2, -0.15) is 0 Å². The van der Waals surface area contributed by atoms with E-state index in [1.54, 1.807) is 0 Å². The van der Waals surface area contributed by atoms with Crippen molar-refractivity contribution >= 4 is 55.7 Å². The fourth-order valence-electron chi connectivity index (χ4n) is 6.85. The summed E-state index contributed by atoms with van der Waals surface area (Å²) in [5.41, 5.74) is 11.6. The van der Waals surface area contributed by atoms with Crippen molar-refractivity contribution in [3.8, 4) is 11.1 Å². The van der Waals surface area contributed by atoms with Crippen LogP contribution in [-0.2, 0) is 0 Å². The summed E-state index contributed by atoms with van der Waals surface area (Å²) in [5, 5.41) is 4.64. The maximum absolute atomic E-state index is 3.38. The van der Waals surface area contributed by atoms with E-state index >= 15 is 0 Å². The number of para-hydroxylation sites is 2. The number of benzene rings is 7. The van der Waals surface area contributed by atoms with Gasteiger partial charge in [0.05, 0.1) is 16.8 Å². The van der Waals surface area contributed by atoms with Gasteiger partial charge in [0.15, 0.2) is 0 Å². The predicted molar refractivity (Wildman–Crippen MR) is 203 cm³/mol. The van der Waals surface area contributed by atoms with Crippen LogP contribution in [0.5, 0.6) is 0 Å². The Kier molecular flexibility index (Phi) is 7.57. The first kappa shape index (κ1) is 29.1. The summed E-state index contributed by atoms with van der Waals surface area (Å²) in [4.78, 5) is 4.69. The fourth-order valence-corrected chi connectivity index (χ4v) is 6.85. The number of rotatable bonds is 7. The third-order valence-electron chi connectivity index (χ3n) is 9.12. The molecule has 48 heavy (non-hydrogen) atoms. The molecule has 8 aromatic rings. The third-order valence-corrected chi connectivity index (χ3v) is 9.12. The van der Waals surface area contributed by atoms with Gasteiger partial charge < -0.3 is 9.80 Å². The number of nitrogens with zero attached hydrogens (tertiary/aromatic N) is 2. The normalized spacial score (nSPS) is 11.0. The van der Waals surface area contributed by atoms with Crippen LogP contribution in [0.15, 0.2) is 170 Å². The first-order chi connectivity index (χ1) is 23.7. The molecule has 0 amide bonds. The average molecular weight is 615 g/mol. The third kappa shape index (κ3) is 5.32. The highest BCUT2D eigenvalue weighted by atomic mass is 15.1. The van der Waals surface area contributed by atoms with E-state index in [1.165, 1.54) is 33.0 Å². The highest BCUT2D eigenvalue weighted by molar-refractivity contribution is 6.00. The molecule has 8 rings (SSSR count). The zero-order chi connectivity index (χ0) is 32.5. The van der Waals surface area contributed by atoms with E-state index in [1.807, 2.05) is 6.07 Å². The zero-order valence-corrected chi connectivity index (χ0v) is 27.1. The molecule has 0 N–H and O–H groups in total. The molecule has 0 aromatic heterocycles. The van der Waals surface area contributed by atoms with Crippen molar-refractivity contribution < 1.29 is 0 Å². The Hall–Kier alpha value is -6.30. The van der Waals surface area contributed by atoms with Gasteiger partial charge >= 0.3 is 0 Å². The lowest BCUT2D eigenvalue weighted by Gasteiger charge is -2.28. The summed E-state index contributed by atoms with van der Waals surface area (Å²) in [6.45, 7) is 4.43. The van der Waals surface area contributed by atoms with Crippen LogP contribution < -0.4 is 9.80 Å². The molecule has 0 bridgehead atoms. The predicted octanol–water partition coefficient (Wildman–Crippen LogP) is 12.8. The largest absolute Gasteiger partial charge is 0.310 e. The molecular weight excluding hydrogens is 581 g/mol. The number of fused-ring (bicyclic) bond motifs is 2. The van der Waals surface area contributed by atoms with Crippen LogP contribution in [0.25, 0.3) is 32.7 Å². The molecule has 2 heteroatoms. The van der Waals surface area contributed by atoms with Gasteiger partial charge in [0.1, 0.15) is 0 Å². The highest BCUT2D eigenvalue weighted by Gasteiger charge is 2.19. The minimum atomic E-state index is 1.05. The molecular formula is C46H34N2. The molecule has 0 aliphatic heterocycles. The SMILES string of the molecule is Cc1cc(N(c2ccccc2)c2cccc3ccc#cc23)ccc1-c1ccc(N(c2ccccc2)c2cccc3ccccc23)cc1C. The summed E-state index contributed by atoms with van der Waals surface area (Å²) in [5.74, 6) is 0. The maximum atomic E-state index is 3.38. The van der Waals surface area contributed by atoms with Crippen LogP contribution in [0.1, 0.15) is 11.1 Å². The second kappa shape index (κ2) is 12.5. The molecule has 228 valence electrons. The van der Waals surface area contributed by atoms with E-state index in [0.717, 1.165) is 44.9 Å². The molecule has 0 unspecified atom stereocenters. The summed E-state index contributed by atoms with van der Waals surface area (Å²) < 4.78 is 0. The molecule has 0 saturated carbocycles. The van der Waals surface area contributed by atoms with Gasteiger partial charge in [0.2, 0.25) is 0 Å². The number of hydrogen-bond acceptors (Lipinski definition) is 2. The standard InChI is InChI=1S/C46H34N2/c1-33-31-39(47(37-19-5-3-6-20-37)45-25-13-17-35-15-9-11-23-43(35)45)27-29-41(33)42-30-28-40(32-34(42)2)48(38-21-7-4-8-22-38)46-26-14-18-36-16-10-12-24-44(36)46/h3-11,13-23,25-32H,1-2H3. The van der Waals surface area contributed by atoms with Crippen LogP contribution in [0.3, 0.4) is 0 Å². The van der Waals surface area contributed by atoms with Crippen molar-refractivity contribution in [2.75, 3.05) is 9.80 Å². The van der Waals surface area contributed by atoms with Gasteiger partial charge in [-0.1, -0.05) is 109 Å². The Labute approximate surface area is 282 Å². The van der Waals surface area contributed by atoms with Crippen molar-refractivity contribution in [3.63, 3.8) is 0 Å². The Morgan fingerprint density at radius 1 is 0.417 bits per heavy atom. The smallest absolute Gasteiger partial charge is 0.0624 e. The highest BCUT2D eigenvalue weighted by Crippen LogP contribution is 2.42. The zero-order valence-electron chi connectivity index (χ0n) is 27.1. The van der Waals surface area contributed by atoms with Crippen LogP contribution in [0, 0.1) is 26.0 Å². The van der Waals surface area contributed by atoms with Gasteiger partial charge in [-0.3, -0.25) is 0 Å². The van der Waals surface area contributed by atoms with Gasteiger partial charge in [-0.15, -0.1) is 0 Å². The summed E-state index contributed by atoms with van der Waals surface area (Å²) >= 11 is 0. The van der Waals surface area contributed by atoms with Gasteiger partial charge in [0, 0.05) is 28.1 Å². The Morgan fingerprint density at radius 3 is 1.56 bits per heavy atom. The monoisotopic (exact) mass is 614 g/mol. The van der Waals surface area contributed by atoms with Gasteiger partial charge in [-0.25, -0.2) is 0 Å². The lowest BCUT2D eigenvalue weighted by Crippen LogP contribution is -2.11. The van der Waals surface area contributed by atoms with Crippen molar-refractivity contribution in [1.82, 2.24) is 0 Å². The molecule has 0 aliphatic rings. The Balaban J connectivity index is 1.21. The minimum absolute atomic E-state index is 1.05. The second-order valence-corrected chi connectivity index (χ2v) is 12.2. The van der Waals surface area contributed by atoms with Crippen LogP contribution in [0.4, 0.5) is 34.1 Å². The van der Waals surface area contributed by atoms with Crippen molar-refractivity contribution in [2.45, 2.75) is 13.8 Å². The maximum Gasteiger partial charge on any atom is 0.0624 e. The van der Waals surface area contributed by atoms with Crippen molar-refractivity contribution in [1.29, 1.82) is 0 Å². The second-order valence-electron chi connectivity index (χ2n) is 12.2. The van der Waals surface area contributed by atoms with E-state index < -0.39 is 0 Å². The average Bonchev–Trinajstić information content (AvgIpc) is 3.13. The summed E-state index contributed by atoms with van der Waals surface area (Å²) in [6.07, 6.45) is 0. The molecule has 0 radical (unpaired) electrons. The molecule has 0 aliphatic carbocycles. The van der Waals surface area contributed by atoms with E-state index in [2.05, 4.69) is 200 Å². The number of hydrogen-bond donors (Lipinski definition) is 0. The Morgan fingerprint density at radius 2 is 0.938 bits per heavy atom. The lowest BCUT2D eigenvalue weighted by atomic mass is 9.95. The summed E-state index contributed by atoms with van der Waals surface area (Å²) in [6, 6.07) is 67.0. The Bertz CT molecular complexity index is 2200. The molecule has 0 atom stereocenters. The molecule has 0 fully saturated rings. The summed E-state index contributed by atoms with van der Waals surface area (Å²) in [7, 11) is 0. The minimum Gasteiger partial charge on any atom is -0.310 e. The van der Waals surface area contributed by atoms with Gasteiger partial charge in [-0.05, 0) is 120 Å². The van der Waals surface area contributed by atoms with E-state index in [4.69, 9.17) is 0 Å². The van der Waals surface area contributed by atoms with E-state index in [0.29, 0.717) is 0 Å². The fraction of sp³-hybridized carbons (Fsp3) is 0.0435. The van der Waals surface area contributed by atoms with E-state index in [9.17, 15) is 0 Å². The lowest BCUT2D eigenvalue weighted by molar-refractivity contribution is 1.27. The van der Waals surface area contributed by atoms with Crippen LogP contribution in [0.2, 0.25) is 0 Å². The molecule has 0 saturated heterocycles. The quantitative estimate of drug-likeness (QED) is 0.176. The number of aryl methyl sites for hydroxylation is 2. The van der Waals surface area contributed by atoms with E-state index in [-0.39, 0.29) is 0 Å². The first-order valence-electron chi connectivity index (χ1n) is 16.4. The van der Waals surface area contributed by atoms with Crippen LogP contribution in [-0.4, -0.2) is 0 Å². The van der Waals surface area contributed by atoms with Crippen LogP contribution >= 0.6 is 0 Å². The molecule has 8 aromatic carbocycles. The first-order valence-corrected chi connectivity index (χ1v) is 16.4. The van der Waals surface area contributed by atoms with Crippen molar-refractivity contribution in [2.24, 2.45) is 0 Å². The van der Waals surface area contributed by atoms with Crippen molar-refractivity contribution in [3.05, 3.63) is 193 Å². The molecule has 0 spiro atoms. The topological polar surface area (TPSA) is 6.48 Å². The number of anilines is 6. The molecule has 2 nitrogen and oxygen atoms in total. The molecule has 0 heterocycles.